The molecule has 3 rings (SSSR count). The largest absolute Gasteiger partial charge is 0.493 e. The van der Waals surface area contributed by atoms with E-state index in [-0.39, 0.29) is 16.3 Å². The van der Waals surface area contributed by atoms with Gasteiger partial charge in [0.1, 0.15) is 12.4 Å². The van der Waals surface area contributed by atoms with Gasteiger partial charge in [0, 0.05) is 11.1 Å². The number of sulfonamides is 1. The maximum absolute atomic E-state index is 13.5. The molecule has 0 fully saturated rings. The maximum atomic E-state index is 13.5. The summed E-state index contributed by atoms with van der Waals surface area (Å²) in [4.78, 5) is 12.6. The highest BCUT2D eigenvalue weighted by Gasteiger charge is 2.28. The predicted octanol–water partition coefficient (Wildman–Crippen LogP) is 4.23. The first-order valence-electron chi connectivity index (χ1n) is 10.2. The molecule has 0 saturated heterocycles. The molecule has 1 N–H and O–H groups in total. The number of nitrogens with zero attached hydrogens (tertiary/aromatic N) is 2. The Hall–Kier alpha value is -3.63. The molecule has 0 aliphatic carbocycles. The van der Waals surface area contributed by atoms with Crippen molar-refractivity contribution in [3.05, 3.63) is 83.1 Å². The highest BCUT2D eigenvalue weighted by molar-refractivity contribution is 7.92. The predicted molar refractivity (Wildman–Crippen MR) is 132 cm³/mol. The van der Waals surface area contributed by atoms with Crippen LogP contribution in [0.4, 0.5) is 10.1 Å². The summed E-state index contributed by atoms with van der Waals surface area (Å²) in [6, 6.07) is 15.6. The number of carbonyl (C=O) groups is 1. The van der Waals surface area contributed by atoms with E-state index in [4.69, 9.17) is 21.1 Å². The van der Waals surface area contributed by atoms with Crippen molar-refractivity contribution in [3.8, 4) is 11.5 Å². The lowest BCUT2D eigenvalue weighted by Crippen LogP contribution is -2.39. The van der Waals surface area contributed by atoms with Crippen molar-refractivity contribution in [3.63, 3.8) is 0 Å². The molecule has 0 aliphatic heterocycles. The smallest absolute Gasteiger partial charge is 0.264 e. The molecule has 1 amide bonds. The summed E-state index contributed by atoms with van der Waals surface area (Å²) in [5.74, 6) is -0.721. The van der Waals surface area contributed by atoms with Gasteiger partial charge in [0.2, 0.25) is 0 Å². The Morgan fingerprint density at radius 3 is 2.23 bits per heavy atom. The molecule has 0 unspecified atom stereocenters. The van der Waals surface area contributed by atoms with Gasteiger partial charge in [0.25, 0.3) is 15.9 Å². The summed E-state index contributed by atoms with van der Waals surface area (Å²) in [7, 11) is -1.46. The lowest BCUT2D eigenvalue weighted by atomic mass is 10.1. The molecular formula is C24H23ClFN3O5S. The maximum Gasteiger partial charge on any atom is 0.264 e. The molecule has 184 valence electrons. The van der Waals surface area contributed by atoms with Gasteiger partial charge in [0.05, 0.1) is 30.5 Å². The molecule has 11 heteroatoms. The number of rotatable bonds is 9. The summed E-state index contributed by atoms with van der Waals surface area (Å²) in [5.41, 5.74) is 3.67. The monoisotopic (exact) mass is 519 g/mol. The van der Waals surface area contributed by atoms with Gasteiger partial charge in [-0.25, -0.2) is 18.2 Å². The van der Waals surface area contributed by atoms with E-state index in [0.29, 0.717) is 16.5 Å². The minimum atomic E-state index is -4.26. The topological polar surface area (TPSA) is 97.3 Å². The number of halogens is 2. The second-order valence-electron chi connectivity index (χ2n) is 7.24. The number of benzene rings is 3. The summed E-state index contributed by atoms with van der Waals surface area (Å²) in [6.07, 6.45) is 0. The zero-order valence-corrected chi connectivity index (χ0v) is 20.7. The lowest BCUT2D eigenvalue weighted by Gasteiger charge is -2.24. The Bertz CT molecular complexity index is 1330. The van der Waals surface area contributed by atoms with Crippen LogP contribution in [0.5, 0.6) is 11.5 Å². The van der Waals surface area contributed by atoms with Gasteiger partial charge in [-0.05, 0) is 61.0 Å². The molecule has 0 radical (unpaired) electrons. The van der Waals surface area contributed by atoms with Crippen LogP contribution >= 0.6 is 11.6 Å². The molecule has 0 saturated carbocycles. The molecule has 3 aromatic carbocycles. The summed E-state index contributed by atoms with van der Waals surface area (Å²) in [5, 5.41) is 4.60. The first-order chi connectivity index (χ1) is 16.6. The second kappa shape index (κ2) is 11.2. The fraction of sp³-hybridized carbons (Fsp3) is 0.167. The van der Waals surface area contributed by atoms with Crippen molar-refractivity contribution in [2.45, 2.75) is 11.8 Å². The summed E-state index contributed by atoms with van der Waals surface area (Å²) >= 11 is 5.89. The van der Waals surface area contributed by atoms with Crippen molar-refractivity contribution in [1.82, 2.24) is 5.43 Å². The second-order valence-corrected chi connectivity index (χ2v) is 9.54. The van der Waals surface area contributed by atoms with E-state index in [1.54, 1.807) is 31.2 Å². The van der Waals surface area contributed by atoms with Crippen molar-refractivity contribution >= 4 is 38.9 Å². The van der Waals surface area contributed by atoms with E-state index in [2.05, 4.69) is 10.5 Å². The van der Waals surface area contributed by atoms with Crippen molar-refractivity contribution in [2.24, 2.45) is 5.10 Å². The number of amides is 1. The Morgan fingerprint density at radius 2 is 1.63 bits per heavy atom. The number of methoxy groups -OCH3 is 2. The number of anilines is 1. The van der Waals surface area contributed by atoms with Gasteiger partial charge in [-0.3, -0.25) is 9.10 Å². The fourth-order valence-electron chi connectivity index (χ4n) is 3.09. The Balaban J connectivity index is 1.91. The third-order valence-corrected chi connectivity index (χ3v) is 6.98. The van der Waals surface area contributed by atoms with Crippen LogP contribution in [0.3, 0.4) is 0 Å². The minimum absolute atomic E-state index is 0.0923. The number of carbonyl (C=O) groups excluding carboxylic acids is 1. The average molecular weight is 520 g/mol. The normalized spacial score (nSPS) is 11.6. The van der Waals surface area contributed by atoms with Crippen LogP contribution in [-0.2, 0) is 14.8 Å². The van der Waals surface area contributed by atoms with Crippen LogP contribution in [0, 0.1) is 5.82 Å². The third kappa shape index (κ3) is 6.28. The highest BCUT2D eigenvalue weighted by Crippen LogP contribution is 2.32. The van der Waals surface area contributed by atoms with E-state index in [9.17, 15) is 17.6 Å². The molecule has 3 aromatic rings. The van der Waals surface area contributed by atoms with Crippen LogP contribution < -0.4 is 19.2 Å². The number of nitrogens with one attached hydrogen (secondary N) is 1. The van der Waals surface area contributed by atoms with Crippen LogP contribution in [0.15, 0.2) is 76.7 Å². The molecule has 0 heterocycles. The molecule has 0 spiro atoms. The SMILES string of the molecule is COc1ccc(S(=O)(=O)N(CC(=O)N/N=C(/C)c2ccc(Cl)cc2)c2ccc(F)cc2)cc1OC. The standard InChI is InChI=1S/C24H23ClFN3O5S/c1-16(17-4-6-18(25)7-5-17)27-28-24(30)15-29(20-10-8-19(26)9-11-20)35(31,32)21-12-13-22(33-2)23(14-21)34-3/h4-14H,15H2,1-3H3,(H,28,30)/b27-16-. The van der Waals surface area contributed by atoms with E-state index in [1.807, 2.05) is 0 Å². The van der Waals surface area contributed by atoms with Crippen LogP contribution in [0.1, 0.15) is 12.5 Å². The van der Waals surface area contributed by atoms with Crippen LogP contribution in [0.2, 0.25) is 5.02 Å². The zero-order valence-electron chi connectivity index (χ0n) is 19.2. The number of ether oxygens (including phenoxy) is 2. The Kier molecular flexibility index (Phi) is 8.31. The van der Waals surface area contributed by atoms with Gasteiger partial charge >= 0.3 is 0 Å². The first-order valence-corrected chi connectivity index (χ1v) is 12.1. The van der Waals surface area contributed by atoms with Gasteiger partial charge in [-0.2, -0.15) is 5.10 Å². The lowest BCUT2D eigenvalue weighted by molar-refractivity contribution is -0.119. The van der Waals surface area contributed by atoms with Crippen molar-refractivity contribution in [1.29, 1.82) is 0 Å². The van der Waals surface area contributed by atoms with E-state index in [1.165, 1.54) is 44.6 Å². The Labute approximate surface area is 208 Å². The van der Waals surface area contributed by atoms with Crippen molar-refractivity contribution < 1.29 is 27.1 Å². The van der Waals surface area contributed by atoms with Crippen LogP contribution in [0.25, 0.3) is 0 Å². The highest BCUT2D eigenvalue weighted by atomic mass is 35.5. The summed E-state index contributed by atoms with van der Waals surface area (Å²) in [6.45, 7) is 1.07. The fourth-order valence-corrected chi connectivity index (χ4v) is 4.66. The average Bonchev–Trinajstić information content (AvgIpc) is 2.86. The molecule has 0 aliphatic rings. The van der Waals surface area contributed by atoms with Gasteiger partial charge < -0.3 is 9.47 Å². The molecule has 0 aromatic heterocycles. The van der Waals surface area contributed by atoms with E-state index in [0.717, 1.165) is 22.0 Å². The van der Waals surface area contributed by atoms with Crippen LogP contribution in [-0.4, -0.2) is 40.8 Å². The number of hydrazone groups is 1. The van der Waals surface area contributed by atoms with E-state index >= 15 is 0 Å². The number of hydrogen-bond donors (Lipinski definition) is 1. The minimum Gasteiger partial charge on any atom is -0.493 e. The summed E-state index contributed by atoms with van der Waals surface area (Å²) < 4.78 is 51.8. The van der Waals surface area contributed by atoms with Gasteiger partial charge in [0.15, 0.2) is 11.5 Å². The molecular weight excluding hydrogens is 497 g/mol. The molecule has 35 heavy (non-hydrogen) atoms. The van der Waals surface area contributed by atoms with Gasteiger partial charge in [-0.15, -0.1) is 0 Å². The molecule has 0 bridgehead atoms. The molecule has 8 nitrogen and oxygen atoms in total. The van der Waals surface area contributed by atoms with Gasteiger partial charge in [-0.1, -0.05) is 23.7 Å². The number of hydrogen-bond acceptors (Lipinski definition) is 6. The molecule has 0 atom stereocenters. The van der Waals surface area contributed by atoms with E-state index < -0.39 is 28.3 Å². The quantitative estimate of drug-likeness (QED) is 0.337. The zero-order chi connectivity index (χ0) is 25.6. The van der Waals surface area contributed by atoms with Crippen molar-refractivity contribution in [2.75, 3.05) is 25.1 Å². The Morgan fingerprint density at radius 1 is 1.00 bits per heavy atom. The third-order valence-electron chi connectivity index (χ3n) is 4.96. The first kappa shape index (κ1) is 26.0.